The number of carboxylic acids is 1. The molecule has 4 rings (SSSR count). The first-order valence-corrected chi connectivity index (χ1v) is 9.88. The summed E-state index contributed by atoms with van der Waals surface area (Å²) in [5, 5.41) is 13.3. The molecule has 0 spiro atoms. The van der Waals surface area contributed by atoms with Crippen molar-refractivity contribution in [3.63, 3.8) is 0 Å². The molecule has 8 nitrogen and oxygen atoms in total. The second-order valence-electron chi connectivity index (χ2n) is 7.34. The Morgan fingerprint density at radius 3 is 2.63 bits per heavy atom. The number of para-hydroxylation sites is 2. The van der Waals surface area contributed by atoms with E-state index in [4.69, 9.17) is 9.72 Å². The molecule has 0 amide bonds. The fourth-order valence-electron chi connectivity index (χ4n) is 3.81. The highest BCUT2D eigenvalue weighted by molar-refractivity contribution is 5.94. The number of carboxylic acid groups (broad SMARTS) is 1. The van der Waals surface area contributed by atoms with Gasteiger partial charge in [-0.2, -0.15) is 0 Å². The summed E-state index contributed by atoms with van der Waals surface area (Å²) < 4.78 is 7.00. The van der Waals surface area contributed by atoms with Gasteiger partial charge in [0.05, 0.1) is 35.7 Å². The third-order valence-corrected chi connectivity index (χ3v) is 5.40. The summed E-state index contributed by atoms with van der Waals surface area (Å²) in [4.78, 5) is 31.5. The van der Waals surface area contributed by atoms with Crippen molar-refractivity contribution in [3.8, 4) is 0 Å². The number of fused-ring (bicyclic) bond motifs is 1. The lowest BCUT2D eigenvalue weighted by Crippen LogP contribution is -2.40. The van der Waals surface area contributed by atoms with Gasteiger partial charge in [0.25, 0.3) is 5.56 Å². The molecular weight excluding hydrogens is 384 g/mol. The Bertz CT molecular complexity index is 1150. The molecule has 2 heterocycles. The van der Waals surface area contributed by atoms with Gasteiger partial charge in [0.1, 0.15) is 0 Å². The van der Waals surface area contributed by atoms with Crippen LogP contribution in [0.2, 0.25) is 0 Å². The number of hydrogen-bond acceptors (Lipinski definition) is 6. The predicted octanol–water partition coefficient (Wildman–Crippen LogP) is 2.64. The van der Waals surface area contributed by atoms with E-state index in [0.29, 0.717) is 48.8 Å². The van der Waals surface area contributed by atoms with E-state index in [1.807, 2.05) is 19.1 Å². The van der Waals surface area contributed by atoms with Crippen molar-refractivity contribution in [2.45, 2.75) is 13.0 Å². The molecule has 0 saturated carbocycles. The van der Waals surface area contributed by atoms with Crippen molar-refractivity contribution in [1.29, 1.82) is 0 Å². The third kappa shape index (κ3) is 3.61. The van der Waals surface area contributed by atoms with Crippen LogP contribution in [-0.4, -0.2) is 46.9 Å². The van der Waals surface area contributed by atoms with Crippen LogP contribution in [0.25, 0.3) is 10.9 Å². The number of nitrogens with zero attached hydrogens (tertiary/aromatic N) is 3. The van der Waals surface area contributed by atoms with E-state index in [2.05, 4.69) is 10.2 Å². The molecule has 0 unspecified atom stereocenters. The molecule has 3 aromatic rings. The molecule has 0 aliphatic carbocycles. The number of nitrogens with one attached hydrogen (secondary N) is 1. The molecule has 0 bridgehead atoms. The number of anilines is 2. The maximum Gasteiger partial charge on any atom is 0.337 e. The van der Waals surface area contributed by atoms with Gasteiger partial charge in [0.2, 0.25) is 5.95 Å². The van der Waals surface area contributed by atoms with Gasteiger partial charge >= 0.3 is 5.97 Å². The zero-order chi connectivity index (χ0) is 21.3. The van der Waals surface area contributed by atoms with Crippen LogP contribution in [0.4, 0.5) is 11.6 Å². The summed E-state index contributed by atoms with van der Waals surface area (Å²) in [5.74, 6) is -0.383. The van der Waals surface area contributed by atoms with Gasteiger partial charge in [-0.3, -0.25) is 9.36 Å². The molecule has 0 radical (unpaired) electrons. The Morgan fingerprint density at radius 2 is 1.90 bits per heavy atom. The molecule has 1 aliphatic heterocycles. The van der Waals surface area contributed by atoms with Gasteiger partial charge in [-0.15, -0.1) is 0 Å². The molecule has 1 fully saturated rings. The second-order valence-corrected chi connectivity index (χ2v) is 7.34. The quantitative estimate of drug-likeness (QED) is 0.670. The number of ether oxygens (including phenoxy) is 1. The largest absolute Gasteiger partial charge is 0.478 e. The summed E-state index contributed by atoms with van der Waals surface area (Å²) in [5.41, 5.74) is 2.06. The average molecular weight is 408 g/mol. The number of rotatable bonds is 5. The number of carbonyl (C=O) groups is 1. The van der Waals surface area contributed by atoms with Crippen LogP contribution >= 0.6 is 0 Å². The van der Waals surface area contributed by atoms with Crippen molar-refractivity contribution in [2.75, 3.05) is 36.5 Å². The van der Waals surface area contributed by atoms with E-state index >= 15 is 0 Å². The van der Waals surface area contributed by atoms with E-state index in [1.54, 1.807) is 41.9 Å². The van der Waals surface area contributed by atoms with Gasteiger partial charge in [0, 0.05) is 31.4 Å². The summed E-state index contributed by atoms with van der Waals surface area (Å²) in [6, 6.07) is 12.0. The first-order valence-electron chi connectivity index (χ1n) is 9.88. The van der Waals surface area contributed by atoms with Crippen molar-refractivity contribution >= 4 is 28.5 Å². The minimum atomic E-state index is -0.996. The summed E-state index contributed by atoms with van der Waals surface area (Å²) in [6.45, 7) is 4.47. The van der Waals surface area contributed by atoms with Crippen molar-refractivity contribution in [1.82, 2.24) is 9.55 Å². The molecule has 1 aliphatic rings. The SMILES string of the molecule is C[C@H](Nc1ccccc1C(=O)O)c1cccc2c(=O)n(C)c(N3CCOCC3)nc12. The van der Waals surface area contributed by atoms with Gasteiger partial charge in [-0.1, -0.05) is 24.3 Å². The highest BCUT2D eigenvalue weighted by Crippen LogP contribution is 2.27. The van der Waals surface area contributed by atoms with E-state index < -0.39 is 5.97 Å². The minimum absolute atomic E-state index is 0.110. The van der Waals surface area contributed by atoms with Crippen molar-refractivity contribution in [3.05, 3.63) is 63.9 Å². The van der Waals surface area contributed by atoms with Gasteiger partial charge in [-0.05, 0) is 25.1 Å². The lowest BCUT2D eigenvalue weighted by atomic mass is 10.0. The molecule has 2 aromatic carbocycles. The van der Waals surface area contributed by atoms with Gasteiger partial charge < -0.3 is 20.1 Å². The normalized spacial score (nSPS) is 15.2. The molecular formula is C22H24N4O4. The Labute approximate surface area is 173 Å². The topological polar surface area (TPSA) is 96.7 Å². The van der Waals surface area contributed by atoms with Crippen molar-refractivity contribution < 1.29 is 14.6 Å². The first kappa shape index (κ1) is 19.9. The standard InChI is InChI=1S/C22H24N4O4/c1-14(23-18-9-4-3-6-16(18)21(28)29)15-7-5-8-17-19(15)24-22(25(2)20(17)27)26-10-12-30-13-11-26/h3-9,14,23H,10-13H2,1-2H3,(H,28,29)/t14-/m0/s1. The molecule has 1 saturated heterocycles. The van der Waals surface area contributed by atoms with Crippen molar-refractivity contribution in [2.24, 2.45) is 7.05 Å². The first-order chi connectivity index (χ1) is 14.5. The summed E-state index contributed by atoms with van der Waals surface area (Å²) in [7, 11) is 1.73. The second kappa shape index (κ2) is 8.16. The van der Waals surface area contributed by atoms with Crippen LogP contribution in [0.1, 0.15) is 28.9 Å². The van der Waals surface area contributed by atoms with Crippen LogP contribution in [0.15, 0.2) is 47.3 Å². The van der Waals surface area contributed by atoms with Gasteiger partial charge in [0.15, 0.2) is 0 Å². The molecule has 156 valence electrons. The predicted molar refractivity (Wildman–Crippen MR) is 115 cm³/mol. The molecule has 1 atom stereocenters. The zero-order valence-corrected chi connectivity index (χ0v) is 17.0. The Morgan fingerprint density at radius 1 is 1.17 bits per heavy atom. The van der Waals surface area contributed by atoms with Crippen LogP contribution < -0.4 is 15.8 Å². The van der Waals surface area contributed by atoms with E-state index in [0.717, 1.165) is 5.56 Å². The molecule has 8 heteroatoms. The number of aromatic nitrogens is 2. The van der Waals surface area contributed by atoms with Crippen LogP contribution in [0, 0.1) is 0 Å². The number of aromatic carboxylic acids is 1. The Hall–Kier alpha value is -3.39. The van der Waals surface area contributed by atoms with Crippen LogP contribution in [-0.2, 0) is 11.8 Å². The Kier molecular flexibility index (Phi) is 5.41. The number of hydrogen-bond donors (Lipinski definition) is 2. The minimum Gasteiger partial charge on any atom is -0.478 e. The highest BCUT2D eigenvalue weighted by Gasteiger charge is 2.21. The fraction of sp³-hybridized carbons (Fsp3) is 0.318. The van der Waals surface area contributed by atoms with E-state index in [1.165, 1.54) is 0 Å². The van der Waals surface area contributed by atoms with E-state index in [9.17, 15) is 14.7 Å². The van der Waals surface area contributed by atoms with E-state index in [-0.39, 0.29) is 17.2 Å². The maximum absolute atomic E-state index is 13.0. The lowest BCUT2D eigenvalue weighted by Gasteiger charge is -2.29. The highest BCUT2D eigenvalue weighted by atomic mass is 16.5. The smallest absolute Gasteiger partial charge is 0.337 e. The fourth-order valence-corrected chi connectivity index (χ4v) is 3.81. The van der Waals surface area contributed by atoms with Gasteiger partial charge in [-0.25, -0.2) is 9.78 Å². The molecule has 30 heavy (non-hydrogen) atoms. The number of morpholine rings is 1. The van der Waals surface area contributed by atoms with Crippen LogP contribution in [0.5, 0.6) is 0 Å². The maximum atomic E-state index is 13.0. The summed E-state index contributed by atoms with van der Waals surface area (Å²) in [6.07, 6.45) is 0. The average Bonchev–Trinajstić information content (AvgIpc) is 2.76. The number of benzene rings is 2. The zero-order valence-electron chi connectivity index (χ0n) is 17.0. The third-order valence-electron chi connectivity index (χ3n) is 5.40. The lowest BCUT2D eigenvalue weighted by molar-refractivity contribution is 0.0698. The summed E-state index contributed by atoms with van der Waals surface area (Å²) >= 11 is 0. The Balaban J connectivity index is 1.78. The molecule has 1 aromatic heterocycles. The molecule has 2 N–H and O–H groups in total. The van der Waals surface area contributed by atoms with Crippen LogP contribution in [0.3, 0.4) is 0 Å². The monoisotopic (exact) mass is 408 g/mol.